The van der Waals surface area contributed by atoms with E-state index in [0.717, 1.165) is 19.3 Å². The Bertz CT molecular complexity index is 390. The first-order valence-electron chi connectivity index (χ1n) is 9.88. The summed E-state index contributed by atoms with van der Waals surface area (Å²) in [7, 11) is 5.54. The molecule has 0 spiro atoms. The monoisotopic (exact) mass is 358 g/mol. The molecule has 0 aromatic heterocycles. The lowest BCUT2D eigenvalue weighted by Gasteiger charge is -2.33. The van der Waals surface area contributed by atoms with Crippen LogP contribution in [0.2, 0.25) is 0 Å². The van der Waals surface area contributed by atoms with Crippen LogP contribution >= 0.6 is 0 Å². The Labute approximate surface area is 154 Å². The van der Waals surface area contributed by atoms with Gasteiger partial charge in [-0.15, -0.1) is 0 Å². The van der Waals surface area contributed by atoms with Gasteiger partial charge in [0.25, 0.3) is 0 Å². The molecule has 0 rings (SSSR count). The molecule has 5 nitrogen and oxygen atoms in total. The Kier molecular flexibility index (Phi) is 12.0. The Hall–Kier alpha value is -0.940. The van der Waals surface area contributed by atoms with Gasteiger partial charge < -0.3 is 14.7 Å². The zero-order valence-corrected chi connectivity index (χ0v) is 16.9. The van der Waals surface area contributed by atoms with Crippen LogP contribution in [-0.2, 0) is 9.59 Å². The molecular weight excluding hydrogens is 318 g/mol. The van der Waals surface area contributed by atoms with Crippen LogP contribution < -0.4 is 0 Å². The van der Waals surface area contributed by atoms with E-state index in [0.29, 0.717) is 4.48 Å². The van der Waals surface area contributed by atoms with Gasteiger partial charge in [-0.3, -0.25) is 9.59 Å². The maximum Gasteiger partial charge on any atom is 0.306 e. The Morgan fingerprint density at radius 3 is 1.68 bits per heavy atom. The maximum absolute atomic E-state index is 12.4. The predicted molar refractivity (Wildman–Crippen MR) is 102 cm³/mol. The zero-order valence-electron chi connectivity index (χ0n) is 16.9. The van der Waals surface area contributed by atoms with Crippen molar-refractivity contribution in [2.24, 2.45) is 0 Å². The molecule has 0 saturated heterocycles. The second-order valence-electron chi connectivity index (χ2n) is 8.41. The molecule has 0 aromatic carbocycles. The molecule has 0 heterocycles. The third-order valence-corrected chi connectivity index (χ3v) is 4.46. The molecule has 1 atom stereocenters. The third kappa shape index (κ3) is 13.0. The topological polar surface area (TPSA) is 74.6 Å². The summed E-state index contributed by atoms with van der Waals surface area (Å²) in [4.78, 5) is 23.4. The molecule has 148 valence electrons. The number of Topliss-reactive ketones (excluding diaryl/α,β-unsaturated/α-hetero) is 1. The van der Waals surface area contributed by atoms with Crippen molar-refractivity contribution in [2.45, 2.75) is 89.6 Å². The van der Waals surface area contributed by atoms with Crippen LogP contribution in [0, 0.1) is 0 Å². The molecule has 0 aliphatic heterocycles. The number of carboxylic acids is 1. The summed E-state index contributed by atoms with van der Waals surface area (Å²) in [5.41, 5.74) is -1.76. The second-order valence-corrected chi connectivity index (χ2v) is 8.41. The van der Waals surface area contributed by atoms with Gasteiger partial charge in [0.2, 0.25) is 0 Å². The highest BCUT2D eigenvalue weighted by Crippen LogP contribution is 2.20. The normalized spacial score (nSPS) is 14.3. The van der Waals surface area contributed by atoms with E-state index >= 15 is 0 Å². The van der Waals surface area contributed by atoms with Gasteiger partial charge >= 0.3 is 5.97 Å². The fourth-order valence-corrected chi connectivity index (χ4v) is 3.28. The van der Waals surface area contributed by atoms with Gasteiger partial charge in [0, 0.05) is 6.42 Å². The lowest BCUT2D eigenvalue weighted by Crippen LogP contribution is -2.54. The van der Waals surface area contributed by atoms with Crippen molar-refractivity contribution < 1.29 is 24.3 Å². The van der Waals surface area contributed by atoms with Crippen molar-refractivity contribution in [3.63, 3.8) is 0 Å². The number of carbonyl (C=O) groups excluding carboxylic acids is 1. The molecule has 0 radical (unpaired) electrons. The van der Waals surface area contributed by atoms with E-state index in [1.54, 1.807) is 0 Å². The first kappa shape index (κ1) is 24.1. The van der Waals surface area contributed by atoms with Crippen LogP contribution in [-0.4, -0.2) is 59.7 Å². The molecule has 5 heteroatoms. The zero-order chi connectivity index (χ0) is 19.3. The Morgan fingerprint density at radius 1 is 0.840 bits per heavy atom. The van der Waals surface area contributed by atoms with Crippen molar-refractivity contribution in [2.75, 3.05) is 27.7 Å². The minimum Gasteiger partial charge on any atom is -0.481 e. The van der Waals surface area contributed by atoms with Crippen molar-refractivity contribution >= 4 is 11.8 Å². The molecule has 0 bridgehead atoms. The van der Waals surface area contributed by atoms with Crippen LogP contribution in [0.4, 0.5) is 0 Å². The van der Waals surface area contributed by atoms with Gasteiger partial charge in [-0.1, -0.05) is 64.7 Å². The highest BCUT2D eigenvalue weighted by atomic mass is 16.4. The van der Waals surface area contributed by atoms with Crippen LogP contribution in [0.15, 0.2) is 0 Å². The van der Waals surface area contributed by atoms with E-state index in [-0.39, 0.29) is 18.7 Å². The number of unbranched alkanes of at least 4 members (excludes halogenated alkanes) is 9. The van der Waals surface area contributed by atoms with Gasteiger partial charge in [-0.2, -0.15) is 0 Å². The standard InChI is InChI=1S/C20H39NO4/c1-5-6-7-8-9-10-11-12-13-14-15-18(22)20(25,16-19(23)24)17-21(2,3)4/h25H,5-17H2,1-4H3/p+1/t20-/m1/s1. The molecule has 0 aromatic rings. The number of nitrogens with zero attached hydrogens (tertiary/aromatic N) is 1. The predicted octanol–water partition coefficient (Wildman–Crippen LogP) is 3.78. The summed E-state index contributed by atoms with van der Waals surface area (Å²) >= 11 is 0. The van der Waals surface area contributed by atoms with E-state index < -0.39 is 18.0 Å². The van der Waals surface area contributed by atoms with E-state index in [1.165, 1.54) is 44.9 Å². The van der Waals surface area contributed by atoms with E-state index in [9.17, 15) is 14.7 Å². The average molecular weight is 359 g/mol. The first-order valence-corrected chi connectivity index (χ1v) is 9.88. The molecule has 2 N–H and O–H groups in total. The van der Waals surface area contributed by atoms with Crippen LogP contribution in [0.5, 0.6) is 0 Å². The van der Waals surface area contributed by atoms with Crippen LogP contribution in [0.25, 0.3) is 0 Å². The molecule has 0 aliphatic carbocycles. The first-order chi connectivity index (χ1) is 11.6. The van der Waals surface area contributed by atoms with Gasteiger partial charge in [0.15, 0.2) is 11.4 Å². The number of aliphatic carboxylic acids is 1. The lowest BCUT2D eigenvalue weighted by atomic mass is 9.89. The van der Waals surface area contributed by atoms with Gasteiger partial charge in [0.1, 0.15) is 6.54 Å². The number of quaternary nitrogens is 1. The molecule has 0 saturated carbocycles. The van der Waals surface area contributed by atoms with E-state index in [2.05, 4.69) is 6.92 Å². The van der Waals surface area contributed by atoms with Crippen LogP contribution in [0.1, 0.15) is 84.0 Å². The largest absolute Gasteiger partial charge is 0.481 e. The summed E-state index contributed by atoms with van der Waals surface area (Å²) in [5, 5.41) is 19.6. The van der Waals surface area contributed by atoms with Crippen LogP contribution in [0.3, 0.4) is 0 Å². The Morgan fingerprint density at radius 2 is 1.28 bits per heavy atom. The number of rotatable bonds is 16. The van der Waals surface area contributed by atoms with E-state index in [4.69, 9.17) is 5.11 Å². The molecule has 0 unspecified atom stereocenters. The summed E-state index contributed by atoms with van der Waals surface area (Å²) in [6.45, 7) is 2.34. The molecule has 25 heavy (non-hydrogen) atoms. The lowest BCUT2D eigenvalue weighted by molar-refractivity contribution is -0.875. The number of ketones is 1. The minimum atomic E-state index is -1.76. The van der Waals surface area contributed by atoms with Gasteiger partial charge in [-0.05, 0) is 6.42 Å². The average Bonchev–Trinajstić information content (AvgIpc) is 2.46. The van der Waals surface area contributed by atoms with E-state index in [1.807, 2.05) is 21.1 Å². The van der Waals surface area contributed by atoms with Crippen molar-refractivity contribution in [1.29, 1.82) is 0 Å². The number of aliphatic hydroxyl groups is 1. The number of likely N-dealkylation sites (N-methyl/N-ethyl adjacent to an activating group) is 1. The summed E-state index contributed by atoms with van der Waals surface area (Å²) in [6.07, 6.45) is 11.5. The highest BCUT2D eigenvalue weighted by molar-refractivity contribution is 5.90. The van der Waals surface area contributed by atoms with Crippen molar-refractivity contribution in [3.8, 4) is 0 Å². The fourth-order valence-electron chi connectivity index (χ4n) is 3.28. The third-order valence-electron chi connectivity index (χ3n) is 4.46. The quantitative estimate of drug-likeness (QED) is 0.325. The summed E-state index contributed by atoms with van der Waals surface area (Å²) in [6, 6.07) is 0. The smallest absolute Gasteiger partial charge is 0.306 e. The van der Waals surface area contributed by atoms with Crippen molar-refractivity contribution in [1.82, 2.24) is 0 Å². The number of hydrogen-bond donors (Lipinski definition) is 2. The summed E-state index contributed by atoms with van der Waals surface area (Å²) in [5.74, 6) is -1.46. The number of carbonyl (C=O) groups is 2. The molecule has 0 fully saturated rings. The number of carboxylic acid groups (broad SMARTS) is 1. The maximum atomic E-state index is 12.4. The van der Waals surface area contributed by atoms with Gasteiger partial charge in [0.05, 0.1) is 27.6 Å². The van der Waals surface area contributed by atoms with Crippen molar-refractivity contribution in [3.05, 3.63) is 0 Å². The van der Waals surface area contributed by atoms with Gasteiger partial charge in [-0.25, -0.2) is 0 Å². The Balaban J connectivity index is 4.05. The fraction of sp³-hybridized carbons (Fsp3) is 0.900. The second kappa shape index (κ2) is 12.4. The minimum absolute atomic E-state index is 0.121. The molecule has 0 aliphatic rings. The highest BCUT2D eigenvalue weighted by Gasteiger charge is 2.42. The SMILES string of the molecule is CCCCCCCCCCCCC(=O)[C@@](O)(CC(=O)O)C[N+](C)(C)C. The summed E-state index contributed by atoms with van der Waals surface area (Å²) < 4.78 is 0.355. The molecule has 0 amide bonds. The number of hydrogen-bond acceptors (Lipinski definition) is 3. The molecular formula is C20H40NO4+.